The molecule has 1 fully saturated rings. The molecule has 1 aliphatic heterocycles. The van der Waals surface area contributed by atoms with Crippen molar-refractivity contribution in [2.24, 2.45) is 5.92 Å². The van der Waals surface area contributed by atoms with E-state index in [1.165, 1.54) is 11.2 Å². The van der Waals surface area contributed by atoms with E-state index >= 15 is 0 Å². The lowest BCUT2D eigenvalue weighted by Crippen LogP contribution is -2.30. The van der Waals surface area contributed by atoms with Crippen molar-refractivity contribution in [1.29, 1.82) is 0 Å². The van der Waals surface area contributed by atoms with E-state index in [0.29, 0.717) is 21.9 Å². The number of carbonyl (C=O) groups excluding carboxylic acids is 3. The summed E-state index contributed by atoms with van der Waals surface area (Å²) in [7, 11) is 0. The van der Waals surface area contributed by atoms with Crippen molar-refractivity contribution in [3.63, 3.8) is 0 Å². The molecular weight excluding hydrogens is 418 g/mol. The molecule has 1 saturated heterocycles. The van der Waals surface area contributed by atoms with E-state index in [0.717, 1.165) is 5.39 Å². The van der Waals surface area contributed by atoms with Gasteiger partial charge in [-0.1, -0.05) is 41.9 Å². The van der Waals surface area contributed by atoms with Gasteiger partial charge in [0.1, 0.15) is 17.3 Å². The van der Waals surface area contributed by atoms with Gasteiger partial charge in [-0.25, -0.2) is 0 Å². The lowest BCUT2D eigenvalue weighted by atomic mass is 9.88. The van der Waals surface area contributed by atoms with E-state index < -0.39 is 29.4 Å². The average Bonchev–Trinajstić information content (AvgIpc) is 3.49. The van der Waals surface area contributed by atoms with Crippen molar-refractivity contribution in [1.82, 2.24) is 4.90 Å². The van der Waals surface area contributed by atoms with Crippen LogP contribution < -0.4 is 0 Å². The molecule has 0 N–H and O–H groups in total. The zero-order valence-corrected chi connectivity index (χ0v) is 16.9. The molecule has 2 unspecified atom stereocenters. The maximum absolute atomic E-state index is 13.4. The molecule has 2 aromatic carbocycles. The fourth-order valence-electron chi connectivity index (χ4n) is 4.02. The molecule has 1 amide bonds. The highest BCUT2D eigenvalue weighted by Crippen LogP contribution is 2.40. The standard InChI is InChI=1S/C24H16ClNO5/c25-16-9-7-14(8-10-16)21-20(22(27)19-12-15-4-1-2-6-18(15)31-19)23(28)24(29)26(21)13-17-5-3-11-30-17/h1-12,20-21H,13H2. The predicted molar refractivity (Wildman–Crippen MR) is 112 cm³/mol. The first-order chi connectivity index (χ1) is 15.0. The molecule has 2 atom stereocenters. The number of likely N-dealkylation sites (tertiary alicyclic amines) is 1. The number of ketones is 2. The number of hydrogen-bond acceptors (Lipinski definition) is 5. The smallest absolute Gasteiger partial charge is 0.291 e. The third-order valence-corrected chi connectivity index (χ3v) is 5.73. The van der Waals surface area contributed by atoms with Crippen molar-refractivity contribution in [2.75, 3.05) is 0 Å². The molecule has 0 bridgehead atoms. The molecule has 1 aliphatic rings. The lowest BCUT2D eigenvalue weighted by Gasteiger charge is -2.26. The minimum Gasteiger partial charge on any atom is -0.467 e. The Morgan fingerprint density at radius 3 is 2.48 bits per heavy atom. The first-order valence-corrected chi connectivity index (χ1v) is 10.1. The van der Waals surface area contributed by atoms with Crippen LogP contribution in [0.3, 0.4) is 0 Å². The fourth-order valence-corrected chi connectivity index (χ4v) is 4.14. The van der Waals surface area contributed by atoms with Gasteiger partial charge in [0.05, 0.1) is 18.8 Å². The van der Waals surface area contributed by atoms with Gasteiger partial charge in [-0.05, 0) is 42.0 Å². The number of hydrogen-bond donors (Lipinski definition) is 0. The predicted octanol–water partition coefficient (Wildman–Crippen LogP) is 4.83. The Morgan fingerprint density at radius 2 is 1.77 bits per heavy atom. The SMILES string of the molecule is O=C1C(=O)N(Cc2ccco2)C(c2ccc(Cl)cc2)C1C(=O)c1cc2ccccc2o1. The zero-order chi connectivity index (χ0) is 21.5. The van der Waals surface area contributed by atoms with Gasteiger partial charge in [-0.15, -0.1) is 0 Å². The third-order valence-electron chi connectivity index (χ3n) is 5.47. The van der Waals surface area contributed by atoms with Gasteiger partial charge in [0.15, 0.2) is 5.76 Å². The number of nitrogens with zero attached hydrogens (tertiary/aromatic N) is 1. The van der Waals surface area contributed by atoms with Crippen LogP contribution in [0.1, 0.15) is 27.9 Å². The highest BCUT2D eigenvalue weighted by molar-refractivity contribution is 6.43. The highest BCUT2D eigenvalue weighted by Gasteiger charge is 2.52. The van der Waals surface area contributed by atoms with Crippen LogP contribution >= 0.6 is 11.6 Å². The quantitative estimate of drug-likeness (QED) is 0.256. The number of rotatable bonds is 5. The maximum Gasteiger partial charge on any atom is 0.291 e. The molecule has 3 heterocycles. The Labute approximate surface area is 182 Å². The second-order valence-corrected chi connectivity index (χ2v) is 7.80. The van der Waals surface area contributed by atoms with Crippen molar-refractivity contribution in [2.45, 2.75) is 12.6 Å². The van der Waals surface area contributed by atoms with Crippen LogP contribution in [-0.4, -0.2) is 22.4 Å². The second-order valence-electron chi connectivity index (χ2n) is 7.36. The molecule has 0 spiro atoms. The van der Waals surface area contributed by atoms with Gasteiger partial charge in [-0.2, -0.15) is 0 Å². The summed E-state index contributed by atoms with van der Waals surface area (Å²) in [6.07, 6.45) is 1.49. The Hall–Kier alpha value is -3.64. The molecule has 5 rings (SSSR count). The first kappa shape index (κ1) is 19.3. The number of carbonyl (C=O) groups is 3. The Bertz CT molecular complexity index is 1260. The number of halogens is 1. The summed E-state index contributed by atoms with van der Waals surface area (Å²) in [6, 6.07) is 18.2. The van der Waals surface area contributed by atoms with Crippen LogP contribution in [0.5, 0.6) is 0 Å². The number of fused-ring (bicyclic) bond motifs is 1. The Balaban J connectivity index is 1.59. The van der Waals surface area contributed by atoms with E-state index in [2.05, 4.69) is 0 Å². The molecular formula is C24H16ClNO5. The van der Waals surface area contributed by atoms with E-state index in [1.54, 1.807) is 54.6 Å². The number of amides is 1. The summed E-state index contributed by atoms with van der Waals surface area (Å²) in [6.45, 7) is 0.0643. The molecule has 31 heavy (non-hydrogen) atoms. The first-order valence-electron chi connectivity index (χ1n) is 9.68. The zero-order valence-electron chi connectivity index (χ0n) is 16.2. The number of furan rings is 2. The van der Waals surface area contributed by atoms with Crippen molar-refractivity contribution < 1.29 is 23.2 Å². The van der Waals surface area contributed by atoms with Crippen LogP contribution in [0, 0.1) is 5.92 Å². The largest absolute Gasteiger partial charge is 0.467 e. The fraction of sp³-hybridized carbons (Fsp3) is 0.125. The molecule has 0 saturated carbocycles. The van der Waals surface area contributed by atoms with Crippen molar-refractivity contribution in [3.05, 3.63) is 95.1 Å². The molecule has 7 heteroatoms. The third kappa shape index (κ3) is 3.35. The maximum atomic E-state index is 13.4. The topological polar surface area (TPSA) is 80.7 Å². The summed E-state index contributed by atoms with van der Waals surface area (Å²) in [5.41, 5.74) is 1.17. The van der Waals surface area contributed by atoms with Crippen LogP contribution in [0.15, 0.2) is 81.8 Å². The van der Waals surface area contributed by atoms with E-state index in [4.69, 9.17) is 20.4 Å². The average molecular weight is 434 g/mol. The summed E-state index contributed by atoms with van der Waals surface area (Å²) in [4.78, 5) is 40.7. The summed E-state index contributed by atoms with van der Waals surface area (Å²) < 4.78 is 11.1. The lowest BCUT2D eigenvalue weighted by molar-refractivity contribution is -0.141. The van der Waals surface area contributed by atoms with Gasteiger partial charge in [0.2, 0.25) is 11.6 Å². The molecule has 154 valence electrons. The number of Topliss-reactive ketones (excluding diaryl/α,β-unsaturated/α-hetero) is 2. The van der Waals surface area contributed by atoms with Gasteiger partial charge < -0.3 is 13.7 Å². The van der Waals surface area contributed by atoms with Crippen molar-refractivity contribution in [3.8, 4) is 0 Å². The number of benzene rings is 2. The van der Waals surface area contributed by atoms with Crippen molar-refractivity contribution >= 4 is 40.0 Å². The second kappa shape index (κ2) is 7.56. The minimum absolute atomic E-state index is 0.0474. The molecule has 2 aromatic heterocycles. The van der Waals surface area contributed by atoms with Crippen LogP contribution in [-0.2, 0) is 16.1 Å². The van der Waals surface area contributed by atoms with E-state index in [9.17, 15) is 14.4 Å². The Kier molecular flexibility index (Phi) is 4.71. The van der Waals surface area contributed by atoms with Crippen LogP contribution in [0.25, 0.3) is 11.0 Å². The molecule has 0 aliphatic carbocycles. The van der Waals surface area contributed by atoms with Crippen LogP contribution in [0.4, 0.5) is 0 Å². The Morgan fingerprint density at radius 1 is 1.00 bits per heavy atom. The molecule has 6 nitrogen and oxygen atoms in total. The van der Waals surface area contributed by atoms with Gasteiger partial charge in [-0.3, -0.25) is 14.4 Å². The highest BCUT2D eigenvalue weighted by atomic mass is 35.5. The molecule has 0 radical (unpaired) electrons. The summed E-state index contributed by atoms with van der Waals surface area (Å²) >= 11 is 6.02. The van der Waals surface area contributed by atoms with E-state index in [1.807, 2.05) is 12.1 Å². The summed E-state index contributed by atoms with van der Waals surface area (Å²) in [5, 5.41) is 1.26. The van der Waals surface area contributed by atoms with Gasteiger partial charge >= 0.3 is 0 Å². The normalized spacial score (nSPS) is 18.8. The monoisotopic (exact) mass is 433 g/mol. The van der Waals surface area contributed by atoms with Crippen LogP contribution in [0.2, 0.25) is 5.02 Å². The van der Waals surface area contributed by atoms with Gasteiger partial charge in [0.25, 0.3) is 5.91 Å². The van der Waals surface area contributed by atoms with Gasteiger partial charge in [0, 0.05) is 10.4 Å². The number of para-hydroxylation sites is 1. The minimum atomic E-state index is -1.23. The summed E-state index contributed by atoms with van der Waals surface area (Å²) in [5.74, 6) is -2.70. The van der Waals surface area contributed by atoms with E-state index in [-0.39, 0.29) is 12.3 Å². The molecule has 4 aromatic rings.